The van der Waals surface area contributed by atoms with Crippen LogP contribution < -0.4 is 0 Å². The highest BCUT2D eigenvalue weighted by Crippen LogP contribution is 2.36. The van der Waals surface area contributed by atoms with Gasteiger partial charge in [-0.25, -0.2) is 9.98 Å². The summed E-state index contributed by atoms with van der Waals surface area (Å²) in [5.74, 6) is 0.702. The summed E-state index contributed by atoms with van der Waals surface area (Å²) in [6.45, 7) is 6.71. The lowest BCUT2D eigenvalue weighted by molar-refractivity contribution is 0.105. The second-order valence-electron chi connectivity index (χ2n) is 7.72. The third-order valence-electron chi connectivity index (χ3n) is 5.36. The Balaban J connectivity index is 1.85. The minimum Gasteiger partial charge on any atom is -0.340 e. The molecule has 0 unspecified atom stereocenters. The maximum absolute atomic E-state index is 13.4. The molecule has 0 radical (unpaired) electrons. The number of fused-ring (bicyclic) bond motifs is 3. The Kier molecular flexibility index (Phi) is 5.16. The minimum atomic E-state index is 0.0137. The molecule has 0 spiro atoms. The van der Waals surface area contributed by atoms with Gasteiger partial charge in [-0.2, -0.15) is 0 Å². The molecule has 4 rings (SSSR count). The Labute approximate surface area is 172 Å². The average Bonchev–Trinajstić information content (AvgIpc) is 3.15. The standard InChI is InChI=1S/C24H26N4O/c1-5-28(15-14-27(3)4)24-25-21-18-8-6-7-9-19(18)23(29)20(22(21)26-24)17-12-10-16(2)11-13-17/h6-13H,5,14-15H2,1-4H3. The van der Waals surface area contributed by atoms with E-state index in [-0.39, 0.29) is 5.78 Å². The number of hydrogen-bond acceptors (Lipinski definition) is 5. The predicted octanol–water partition coefficient (Wildman–Crippen LogP) is 3.64. The molecule has 0 saturated carbocycles. The molecule has 0 N–H and O–H groups in total. The Bertz CT molecular complexity index is 1040. The largest absolute Gasteiger partial charge is 0.340 e. The number of benzene rings is 2. The lowest BCUT2D eigenvalue weighted by Gasteiger charge is -2.22. The number of aliphatic imine (C=N–C) groups is 2. The van der Waals surface area contributed by atoms with Gasteiger partial charge in [-0.1, -0.05) is 54.1 Å². The second kappa shape index (κ2) is 7.76. The Morgan fingerprint density at radius 3 is 2.24 bits per heavy atom. The molecule has 2 aromatic rings. The van der Waals surface area contributed by atoms with Gasteiger partial charge in [0.05, 0.1) is 5.57 Å². The molecular formula is C24H26N4O. The van der Waals surface area contributed by atoms with Crippen molar-refractivity contribution < 1.29 is 4.79 Å². The fourth-order valence-electron chi connectivity index (χ4n) is 3.67. The number of hydrogen-bond donors (Lipinski definition) is 0. The van der Waals surface area contributed by atoms with Gasteiger partial charge in [0.1, 0.15) is 11.4 Å². The summed E-state index contributed by atoms with van der Waals surface area (Å²) < 4.78 is 0. The normalized spacial score (nSPS) is 15.3. The number of Topliss-reactive ketones (excluding diaryl/α,β-unsaturated/α-hetero) is 1. The van der Waals surface area contributed by atoms with Crippen LogP contribution in [-0.2, 0) is 0 Å². The van der Waals surface area contributed by atoms with E-state index in [1.807, 2.05) is 55.5 Å². The molecule has 0 amide bonds. The zero-order valence-corrected chi connectivity index (χ0v) is 17.4. The van der Waals surface area contributed by atoms with Crippen molar-refractivity contribution in [2.24, 2.45) is 9.98 Å². The molecule has 148 valence electrons. The summed E-state index contributed by atoms with van der Waals surface area (Å²) in [4.78, 5) is 27.5. The Morgan fingerprint density at radius 2 is 1.59 bits per heavy atom. The molecule has 0 atom stereocenters. The molecule has 0 bridgehead atoms. The highest BCUT2D eigenvalue weighted by atomic mass is 16.1. The van der Waals surface area contributed by atoms with Gasteiger partial charge in [0, 0.05) is 30.8 Å². The van der Waals surface area contributed by atoms with E-state index in [1.165, 1.54) is 0 Å². The smallest absolute Gasteiger partial charge is 0.226 e. The van der Waals surface area contributed by atoms with Crippen LogP contribution in [-0.4, -0.2) is 61.0 Å². The number of allylic oxidation sites excluding steroid dienone is 2. The lowest BCUT2D eigenvalue weighted by Crippen LogP contribution is -2.35. The third-order valence-corrected chi connectivity index (χ3v) is 5.36. The average molecular weight is 386 g/mol. The summed E-state index contributed by atoms with van der Waals surface area (Å²) >= 11 is 0. The first-order valence-corrected chi connectivity index (χ1v) is 10.0. The first-order chi connectivity index (χ1) is 14.0. The first-order valence-electron chi connectivity index (χ1n) is 10.0. The fourth-order valence-corrected chi connectivity index (χ4v) is 3.67. The second-order valence-corrected chi connectivity index (χ2v) is 7.72. The number of likely N-dealkylation sites (N-methyl/N-ethyl adjacent to an activating group) is 2. The number of aryl methyl sites for hydroxylation is 1. The van der Waals surface area contributed by atoms with Crippen molar-refractivity contribution in [3.05, 3.63) is 76.5 Å². The molecule has 1 aliphatic heterocycles. The van der Waals surface area contributed by atoms with Gasteiger partial charge in [0.15, 0.2) is 5.78 Å². The summed E-state index contributed by atoms with van der Waals surface area (Å²) in [7, 11) is 4.12. The minimum absolute atomic E-state index is 0.0137. The Morgan fingerprint density at radius 1 is 0.897 bits per heavy atom. The maximum atomic E-state index is 13.4. The highest BCUT2D eigenvalue weighted by molar-refractivity contribution is 6.43. The van der Waals surface area contributed by atoms with Gasteiger partial charge in [-0.15, -0.1) is 0 Å². The molecular weight excluding hydrogens is 360 g/mol. The number of ketones is 1. The van der Waals surface area contributed by atoms with Crippen molar-refractivity contribution in [1.29, 1.82) is 0 Å². The zero-order valence-electron chi connectivity index (χ0n) is 17.4. The zero-order chi connectivity index (χ0) is 20.5. The summed E-state index contributed by atoms with van der Waals surface area (Å²) in [5.41, 5.74) is 5.74. The number of nitrogens with zero attached hydrogens (tertiary/aromatic N) is 4. The van der Waals surface area contributed by atoms with Gasteiger partial charge in [-0.3, -0.25) is 4.79 Å². The number of rotatable bonds is 5. The molecule has 0 fully saturated rings. The lowest BCUT2D eigenvalue weighted by atomic mass is 9.84. The van der Waals surface area contributed by atoms with Gasteiger partial charge in [0.2, 0.25) is 5.96 Å². The molecule has 2 aromatic carbocycles. The van der Waals surface area contributed by atoms with E-state index < -0.39 is 0 Å². The van der Waals surface area contributed by atoms with E-state index in [0.717, 1.165) is 42.0 Å². The van der Waals surface area contributed by atoms with Crippen LogP contribution in [0.5, 0.6) is 0 Å². The van der Waals surface area contributed by atoms with Crippen LogP contribution in [0, 0.1) is 6.92 Å². The quantitative estimate of drug-likeness (QED) is 0.788. The van der Waals surface area contributed by atoms with Gasteiger partial charge < -0.3 is 9.80 Å². The molecule has 1 aliphatic carbocycles. The fraction of sp³-hybridized carbons (Fsp3) is 0.292. The van der Waals surface area contributed by atoms with E-state index in [1.54, 1.807) is 0 Å². The monoisotopic (exact) mass is 386 g/mol. The number of carbonyl (C=O) groups excluding carboxylic acids is 1. The SMILES string of the molecule is CCN(CCN(C)C)C1=NC2=C(c3ccc(C)cc3)C(=O)c3ccccc3C2=N1. The van der Waals surface area contributed by atoms with E-state index in [2.05, 4.69) is 30.8 Å². The van der Waals surface area contributed by atoms with Gasteiger partial charge >= 0.3 is 0 Å². The highest BCUT2D eigenvalue weighted by Gasteiger charge is 2.35. The van der Waals surface area contributed by atoms with E-state index in [9.17, 15) is 4.79 Å². The van der Waals surface area contributed by atoms with Gasteiger partial charge in [0.25, 0.3) is 0 Å². The molecule has 0 saturated heterocycles. The van der Waals surface area contributed by atoms with Crippen molar-refractivity contribution in [2.45, 2.75) is 13.8 Å². The molecule has 5 nitrogen and oxygen atoms in total. The van der Waals surface area contributed by atoms with Crippen molar-refractivity contribution in [1.82, 2.24) is 9.80 Å². The van der Waals surface area contributed by atoms with Crippen LogP contribution in [0.25, 0.3) is 5.57 Å². The van der Waals surface area contributed by atoms with Crippen molar-refractivity contribution in [3.63, 3.8) is 0 Å². The molecule has 2 aliphatic rings. The molecule has 5 heteroatoms. The molecule has 1 heterocycles. The van der Waals surface area contributed by atoms with Crippen LogP contribution in [0.4, 0.5) is 0 Å². The van der Waals surface area contributed by atoms with Crippen LogP contribution in [0.15, 0.2) is 64.2 Å². The summed E-state index contributed by atoms with van der Waals surface area (Å²) in [6.07, 6.45) is 0. The first kappa shape index (κ1) is 19.3. The topological polar surface area (TPSA) is 48.3 Å². The maximum Gasteiger partial charge on any atom is 0.226 e. The summed E-state index contributed by atoms with van der Waals surface area (Å²) in [6, 6.07) is 15.8. The number of guanidine groups is 1. The molecule has 29 heavy (non-hydrogen) atoms. The van der Waals surface area contributed by atoms with Crippen LogP contribution in [0.2, 0.25) is 0 Å². The van der Waals surface area contributed by atoms with E-state index in [4.69, 9.17) is 9.98 Å². The van der Waals surface area contributed by atoms with E-state index in [0.29, 0.717) is 22.8 Å². The van der Waals surface area contributed by atoms with Crippen molar-refractivity contribution in [2.75, 3.05) is 33.7 Å². The van der Waals surface area contributed by atoms with Crippen LogP contribution >= 0.6 is 0 Å². The third kappa shape index (κ3) is 3.54. The Hall–Kier alpha value is -3.05. The van der Waals surface area contributed by atoms with Crippen LogP contribution in [0.1, 0.15) is 34.0 Å². The van der Waals surface area contributed by atoms with Crippen molar-refractivity contribution >= 4 is 23.0 Å². The molecule has 0 aromatic heterocycles. The van der Waals surface area contributed by atoms with Gasteiger partial charge in [-0.05, 0) is 33.5 Å². The number of carbonyl (C=O) groups is 1. The van der Waals surface area contributed by atoms with E-state index >= 15 is 0 Å². The summed E-state index contributed by atoms with van der Waals surface area (Å²) in [5, 5.41) is 0. The van der Waals surface area contributed by atoms with Crippen LogP contribution in [0.3, 0.4) is 0 Å². The predicted molar refractivity (Wildman–Crippen MR) is 119 cm³/mol. The van der Waals surface area contributed by atoms with Crippen molar-refractivity contribution in [3.8, 4) is 0 Å².